The zero-order valence-electron chi connectivity index (χ0n) is 15.5. The first-order chi connectivity index (χ1) is 13.3. The molecular formula is C20H20ClN3O4. The van der Waals surface area contributed by atoms with Crippen molar-refractivity contribution in [2.45, 2.75) is 19.4 Å². The lowest BCUT2D eigenvalue weighted by Crippen LogP contribution is -2.42. The van der Waals surface area contributed by atoms with Gasteiger partial charge in [0.2, 0.25) is 5.91 Å². The summed E-state index contributed by atoms with van der Waals surface area (Å²) in [6, 6.07) is 12.8. The predicted molar refractivity (Wildman–Crippen MR) is 105 cm³/mol. The zero-order chi connectivity index (χ0) is 20.3. The van der Waals surface area contributed by atoms with Crippen LogP contribution in [0.5, 0.6) is 5.75 Å². The highest BCUT2D eigenvalue weighted by molar-refractivity contribution is 6.30. The second-order valence-corrected chi connectivity index (χ2v) is 6.90. The average Bonchev–Trinajstić information content (AvgIpc) is 2.88. The van der Waals surface area contributed by atoms with Crippen molar-refractivity contribution in [3.05, 3.63) is 59.1 Å². The predicted octanol–water partition coefficient (Wildman–Crippen LogP) is 3.14. The molecule has 0 bridgehead atoms. The van der Waals surface area contributed by atoms with Crippen LogP contribution in [0.15, 0.2) is 48.5 Å². The molecule has 4 amide bonds. The van der Waals surface area contributed by atoms with Crippen LogP contribution < -0.4 is 15.4 Å². The van der Waals surface area contributed by atoms with Gasteiger partial charge in [-0.15, -0.1) is 0 Å². The van der Waals surface area contributed by atoms with E-state index in [2.05, 4.69) is 10.6 Å². The Balaban J connectivity index is 1.68. The third kappa shape index (κ3) is 3.94. The number of carbonyl (C=O) groups is 3. The number of benzene rings is 2. The molecule has 1 heterocycles. The van der Waals surface area contributed by atoms with Gasteiger partial charge in [0, 0.05) is 10.7 Å². The van der Waals surface area contributed by atoms with E-state index in [0.717, 1.165) is 4.90 Å². The summed E-state index contributed by atoms with van der Waals surface area (Å²) in [7, 11) is 0. The first kappa shape index (κ1) is 19.7. The van der Waals surface area contributed by atoms with Crippen LogP contribution in [-0.2, 0) is 15.1 Å². The number of carbonyl (C=O) groups excluding carboxylic acids is 3. The average molecular weight is 402 g/mol. The standard InChI is InChI=1S/C20H20ClN3O4/c1-3-28-16-10-8-15(9-11-16)22-17(25)12-24-18(26)20(2,23-19(24)27)13-4-6-14(21)7-5-13/h4-11H,3,12H2,1-2H3,(H,22,25)(H,23,27)/t20-/m0/s1. The molecule has 146 valence electrons. The van der Waals surface area contributed by atoms with Gasteiger partial charge in [-0.25, -0.2) is 4.79 Å². The molecule has 28 heavy (non-hydrogen) atoms. The molecule has 1 aliphatic rings. The summed E-state index contributed by atoms with van der Waals surface area (Å²) in [5.74, 6) is -0.289. The molecule has 2 aromatic carbocycles. The van der Waals surface area contributed by atoms with Crippen molar-refractivity contribution < 1.29 is 19.1 Å². The summed E-state index contributed by atoms with van der Waals surface area (Å²) in [5.41, 5.74) is -0.119. The molecule has 1 saturated heterocycles. The van der Waals surface area contributed by atoms with E-state index in [1.807, 2.05) is 6.92 Å². The Kier molecular flexibility index (Phi) is 5.56. The molecule has 0 saturated carbocycles. The minimum absolute atomic E-state index is 0.388. The van der Waals surface area contributed by atoms with Gasteiger partial charge in [0.1, 0.15) is 17.8 Å². The number of amides is 4. The van der Waals surface area contributed by atoms with E-state index < -0.39 is 23.4 Å². The van der Waals surface area contributed by atoms with Crippen LogP contribution in [0.25, 0.3) is 0 Å². The Bertz CT molecular complexity index is 899. The maximum Gasteiger partial charge on any atom is 0.325 e. The second kappa shape index (κ2) is 7.90. The molecule has 2 N–H and O–H groups in total. The fourth-order valence-corrected chi connectivity index (χ4v) is 3.09. The largest absolute Gasteiger partial charge is 0.494 e. The van der Waals surface area contributed by atoms with Gasteiger partial charge >= 0.3 is 6.03 Å². The van der Waals surface area contributed by atoms with E-state index in [0.29, 0.717) is 28.6 Å². The van der Waals surface area contributed by atoms with Crippen LogP contribution in [0.3, 0.4) is 0 Å². The van der Waals surface area contributed by atoms with E-state index in [9.17, 15) is 14.4 Å². The maximum absolute atomic E-state index is 12.8. The Morgan fingerprint density at radius 1 is 1.14 bits per heavy atom. The molecule has 1 fully saturated rings. The highest BCUT2D eigenvalue weighted by Crippen LogP contribution is 2.29. The summed E-state index contributed by atoms with van der Waals surface area (Å²) in [4.78, 5) is 38.4. The van der Waals surface area contributed by atoms with Crippen molar-refractivity contribution >= 4 is 35.1 Å². The van der Waals surface area contributed by atoms with Crippen molar-refractivity contribution in [3.63, 3.8) is 0 Å². The first-order valence-corrected chi connectivity index (χ1v) is 9.14. The summed E-state index contributed by atoms with van der Waals surface area (Å²) in [6.45, 7) is 3.64. The molecule has 3 rings (SSSR count). The SMILES string of the molecule is CCOc1ccc(NC(=O)CN2C(=O)N[C@@](C)(c3ccc(Cl)cc3)C2=O)cc1. The normalized spacial score (nSPS) is 18.8. The lowest BCUT2D eigenvalue weighted by Gasteiger charge is -2.22. The molecule has 1 atom stereocenters. The highest BCUT2D eigenvalue weighted by atomic mass is 35.5. The summed E-state index contributed by atoms with van der Waals surface area (Å²) >= 11 is 5.89. The van der Waals surface area contributed by atoms with Crippen LogP contribution in [0.1, 0.15) is 19.4 Å². The number of ether oxygens (including phenoxy) is 1. The molecule has 0 unspecified atom stereocenters. The molecule has 1 aliphatic heterocycles. The van der Waals surface area contributed by atoms with Crippen molar-refractivity contribution in [1.82, 2.24) is 10.2 Å². The summed E-state index contributed by atoms with van der Waals surface area (Å²) < 4.78 is 5.35. The van der Waals surface area contributed by atoms with Crippen LogP contribution in [0.4, 0.5) is 10.5 Å². The topological polar surface area (TPSA) is 87.7 Å². The molecule has 2 aromatic rings. The Morgan fingerprint density at radius 3 is 2.39 bits per heavy atom. The molecule has 0 aliphatic carbocycles. The lowest BCUT2D eigenvalue weighted by atomic mass is 9.92. The monoisotopic (exact) mass is 401 g/mol. The second-order valence-electron chi connectivity index (χ2n) is 6.46. The van der Waals surface area contributed by atoms with Gasteiger partial charge in [-0.2, -0.15) is 0 Å². The number of imide groups is 1. The number of hydrogen-bond acceptors (Lipinski definition) is 4. The van der Waals surface area contributed by atoms with Gasteiger partial charge in [0.15, 0.2) is 0 Å². The van der Waals surface area contributed by atoms with Crippen molar-refractivity contribution in [2.24, 2.45) is 0 Å². The Labute approximate surface area is 167 Å². The quantitative estimate of drug-likeness (QED) is 0.728. The van der Waals surface area contributed by atoms with Gasteiger partial charge in [-0.1, -0.05) is 23.7 Å². The summed E-state index contributed by atoms with van der Waals surface area (Å²) in [6.07, 6.45) is 0. The van der Waals surface area contributed by atoms with Gasteiger partial charge < -0.3 is 15.4 Å². The van der Waals surface area contributed by atoms with Gasteiger partial charge in [-0.3, -0.25) is 14.5 Å². The van der Waals surface area contributed by atoms with Gasteiger partial charge in [-0.05, 0) is 55.8 Å². The first-order valence-electron chi connectivity index (χ1n) is 8.76. The third-order valence-electron chi connectivity index (χ3n) is 4.45. The molecule has 0 spiro atoms. The van der Waals surface area contributed by atoms with Crippen molar-refractivity contribution in [1.29, 1.82) is 0 Å². The lowest BCUT2D eigenvalue weighted by molar-refractivity contribution is -0.133. The van der Waals surface area contributed by atoms with Crippen LogP contribution in [0, 0.1) is 0 Å². The summed E-state index contributed by atoms with van der Waals surface area (Å²) in [5, 5.41) is 5.85. The number of anilines is 1. The van der Waals surface area contributed by atoms with Gasteiger partial charge in [0.25, 0.3) is 5.91 Å². The number of nitrogens with zero attached hydrogens (tertiary/aromatic N) is 1. The fraction of sp³-hybridized carbons (Fsp3) is 0.250. The van der Waals surface area contributed by atoms with Crippen molar-refractivity contribution in [3.8, 4) is 5.75 Å². The number of hydrogen-bond donors (Lipinski definition) is 2. The smallest absolute Gasteiger partial charge is 0.325 e. The fourth-order valence-electron chi connectivity index (χ4n) is 2.96. The van der Waals surface area contributed by atoms with E-state index in [-0.39, 0.29) is 6.54 Å². The Morgan fingerprint density at radius 2 is 1.79 bits per heavy atom. The molecule has 0 radical (unpaired) electrons. The third-order valence-corrected chi connectivity index (χ3v) is 4.70. The zero-order valence-corrected chi connectivity index (χ0v) is 16.2. The van der Waals surface area contributed by atoms with Crippen molar-refractivity contribution in [2.75, 3.05) is 18.5 Å². The van der Waals surface area contributed by atoms with E-state index >= 15 is 0 Å². The minimum Gasteiger partial charge on any atom is -0.494 e. The van der Waals surface area contributed by atoms with Gasteiger partial charge in [0.05, 0.1) is 6.61 Å². The van der Waals surface area contributed by atoms with Crippen LogP contribution in [0.2, 0.25) is 5.02 Å². The van der Waals surface area contributed by atoms with E-state index in [1.165, 1.54) is 0 Å². The number of nitrogens with one attached hydrogen (secondary N) is 2. The molecular weight excluding hydrogens is 382 g/mol. The van der Waals surface area contributed by atoms with E-state index in [4.69, 9.17) is 16.3 Å². The molecule has 8 heteroatoms. The van der Waals surface area contributed by atoms with Crippen LogP contribution in [-0.4, -0.2) is 35.9 Å². The number of halogens is 1. The maximum atomic E-state index is 12.8. The molecule has 7 nitrogen and oxygen atoms in total. The Hall–Kier alpha value is -3.06. The highest BCUT2D eigenvalue weighted by Gasteiger charge is 2.49. The van der Waals surface area contributed by atoms with E-state index in [1.54, 1.807) is 55.5 Å². The number of urea groups is 1. The minimum atomic E-state index is -1.25. The molecule has 0 aromatic heterocycles. The number of rotatable bonds is 6. The van der Waals surface area contributed by atoms with Crippen LogP contribution >= 0.6 is 11.6 Å².